The first-order valence-electron chi connectivity index (χ1n) is 6.00. The van der Waals surface area contributed by atoms with Crippen LogP contribution in [0.15, 0.2) is 30.3 Å². The second kappa shape index (κ2) is 6.79. The normalized spacial score (nSPS) is 12.0. The van der Waals surface area contributed by atoms with Crippen molar-refractivity contribution in [1.29, 1.82) is 0 Å². The van der Waals surface area contributed by atoms with Crippen molar-refractivity contribution in [3.8, 4) is 0 Å². The Morgan fingerprint density at radius 3 is 2.33 bits per heavy atom. The highest BCUT2D eigenvalue weighted by atomic mass is 16.5. The quantitative estimate of drug-likeness (QED) is 0.808. The fourth-order valence-electron chi connectivity index (χ4n) is 1.60. The summed E-state index contributed by atoms with van der Waals surface area (Å²) < 4.78 is 5.13. The number of carbonyl (C=O) groups is 2. The second-order valence-corrected chi connectivity index (χ2v) is 4.43. The molecule has 1 rings (SSSR count). The Morgan fingerprint density at radius 2 is 1.83 bits per heavy atom. The summed E-state index contributed by atoms with van der Waals surface area (Å²) in [6.07, 6.45) is 0.246. The van der Waals surface area contributed by atoms with Crippen LogP contribution in [0.25, 0.3) is 0 Å². The summed E-state index contributed by atoms with van der Waals surface area (Å²) in [4.78, 5) is 23.0. The van der Waals surface area contributed by atoms with E-state index < -0.39 is 12.0 Å². The van der Waals surface area contributed by atoms with Gasteiger partial charge >= 0.3 is 5.97 Å². The van der Waals surface area contributed by atoms with E-state index in [1.165, 1.54) is 6.92 Å². The number of esters is 1. The molecule has 18 heavy (non-hydrogen) atoms. The molecule has 1 N–H and O–H groups in total. The molecular weight excluding hydrogens is 230 g/mol. The second-order valence-electron chi connectivity index (χ2n) is 4.43. The largest absolute Gasteiger partial charge is 0.461 e. The van der Waals surface area contributed by atoms with Gasteiger partial charge in [0.2, 0.25) is 5.91 Å². The van der Waals surface area contributed by atoms with Gasteiger partial charge < -0.3 is 10.1 Å². The van der Waals surface area contributed by atoms with E-state index in [-0.39, 0.29) is 12.0 Å². The maximum absolute atomic E-state index is 11.9. The van der Waals surface area contributed by atoms with E-state index in [0.717, 1.165) is 5.56 Å². The minimum absolute atomic E-state index is 0.190. The van der Waals surface area contributed by atoms with E-state index in [0.29, 0.717) is 6.42 Å². The van der Waals surface area contributed by atoms with Crippen LogP contribution in [0.2, 0.25) is 0 Å². The average molecular weight is 249 g/mol. The molecule has 0 fully saturated rings. The lowest BCUT2D eigenvalue weighted by Gasteiger charge is -2.18. The molecule has 0 aliphatic heterocycles. The number of amides is 1. The van der Waals surface area contributed by atoms with Crippen molar-refractivity contribution in [2.24, 2.45) is 0 Å². The lowest BCUT2D eigenvalue weighted by atomic mass is 10.1. The Bertz CT molecular complexity index is 401. The highest BCUT2D eigenvalue weighted by Crippen LogP contribution is 2.06. The van der Waals surface area contributed by atoms with E-state index in [1.807, 2.05) is 30.3 Å². The number of hydrogen-bond acceptors (Lipinski definition) is 3. The zero-order valence-corrected chi connectivity index (χ0v) is 11.0. The number of carbonyl (C=O) groups excluding carboxylic acids is 2. The van der Waals surface area contributed by atoms with Gasteiger partial charge in [0.25, 0.3) is 0 Å². The van der Waals surface area contributed by atoms with E-state index >= 15 is 0 Å². The van der Waals surface area contributed by atoms with Gasteiger partial charge in [0.15, 0.2) is 0 Å². The standard InChI is InChI=1S/C14H19NO3/c1-10(2)18-14(17)13(15-11(3)16)9-12-7-5-4-6-8-12/h4-8,10,13H,9H2,1-3H3,(H,15,16). The minimum atomic E-state index is -0.632. The lowest BCUT2D eigenvalue weighted by molar-refractivity contribution is -0.151. The van der Waals surface area contributed by atoms with Crippen molar-refractivity contribution in [3.63, 3.8) is 0 Å². The van der Waals surface area contributed by atoms with Gasteiger partial charge in [-0.2, -0.15) is 0 Å². The summed E-state index contributed by atoms with van der Waals surface area (Å²) in [5.41, 5.74) is 0.983. The summed E-state index contributed by atoms with van der Waals surface area (Å²) >= 11 is 0. The van der Waals surface area contributed by atoms with E-state index in [2.05, 4.69) is 5.32 Å². The first-order chi connectivity index (χ1) is 8.49. The predicted octanol–water partition coefficient (Wildman–Crippen LogP) is 1.69. The van der Waals surface area contributed by atoms with E-state index in [1.54, 1.807) is 13.8 Å². The number of rotatable bonds is 5. The van der Waals surface area contributed by atoms with Gasteiger partial charge in [-0.1, -0.05) is 30.3 Å². The molecule has 4 heteroatoms. The van der Waals surface area contributed by atoms with Crippen LogP contribution in [0, 0.1) is 0 Å². The lowest BCUT2D eigenvalue weighted by Crippen LogP contribution is -2.43. The zero-order chi connectivity index (χ0) is 13.5. The molecule has 0 bridgehead atoms. The van der Waals surface area contributed by atoms with Gasteiger partial charge in [0, 0.05) is 13.3 Å². The van der Waals surface area contributed by atoms with Gasteiger partial charge in [-0.3, -0.25) is 4.79 Å². The molecule has 1 unspecified atom stereocenters. The number of ether oxygens (including phenoxy) is 1. The van der Waals surface area contributed by atoms with Gasteiger partial charge in [-0.25, -0.2) is 4.79 Å². The zero-order valence-electron chi connectivity index (χ0n) is 11.0. The molecule has 98 valence electrons. The maximum atomic E-state index is 11.9. The minimum Gasteiger partial charge on any atom is -0.461 e. The summed E-state index contributed by atoms with van der Waals surface area (Å²) in [7, 11) is 0. The van der Waals surface area contributed by atoms with Crippen molar-refractivity contribution < 1.29 is 14.3 Å². The van der Waals surface area contributed by atoms with E-state index in [4.69, 9.17) is 4.74 Å². The molecule has 1 atom stereocenters. The Balaban J connectivity index is 2.72. The van der Waals surface area contributed by atoms with Crippen LogP contribution in [-0.2, 0) is 20.7 Å². The number of hydrogen-bond donors (Lipinski definition) is 1. The Hall–Kier alpha value is -1.84. The van der Waals surface area contributed by atoms with Crippen LogP contribution in [0.5, 0.6) is 0 Å². The predicted molar refractivity (Wildman–Crippen MR) is 69.0 cm³/mol. The highest BCUT2D eigenvalue weighted by molar-refractivity contribution is 5.83. The van der Waals surface area contributed by atoms with Crippen molar-refractivity contribution in [2.45, 2.75) is 39.3 Å². The fraction of sp³-hybridized carbons (Fsp3) is 0.429. The van der Waals surface area contributed by atoms with Gasteiger partial charge in [-0.15, -0.1) is 0 Å². The fourth-order valence-corrected chi connectivity index (χ4v) is 1.60. The molecule has 0 spiro atoms. The number of benzene rings is 1. The summed E-state index contributed by atoms with van der Waals surface area (Å²) in [5, 5.41) is 2.62. The molecule has 0 aliphatic carbocycles. The van der Waals surface area contributed by atoms with Crippen LogP contribution >= 0.6 is 0 Å². The van der Waals surface area contributed by atoms with Crippen LogP contribution in [0.1, 0.15) is 26.3 Å². The summed E-state index contributed by atoms with van der Waals surface area (Å²) in [5.74, 6) is -0.638. The molecule has 0 radical (unpaired) electrons. The molecule has 0 aromatic heterocycles. The van der Waals surface area contributed by atoms with E-state index in [9.17, 15) is 9.59 Å². The highest BCUT2D eigenvalue weighted by Gasteiger charge is 2.22. The van der Waals surface area contributed by atoms with Crippen LogP contribution < -0.4 is 5.32 Å². The Morgan fingerprint density at radius 1 is 1.22 bits per heavy atom. The van der Waals surface area contributed by atoms with Crippen molar-refractivity contribution in [1.82, 2.24) is 5.32 Å². The van der Waals surface area contributed by atoms with Crippen LogP contribution in [0.4, 0.5) is 0 Å². The maximum Gasteiger partial charge on any atom is 0.329 e. The third-order valence-corrected chi connectivity index (χ3v) is 2.30. The van der Waals surface area contributed by atoms with Crippen LogP contribution in [0.3, 0.4) is 0 Å². The molecule has 4 nitrogen and oxygen atoms in total. The number of nitrogens with one attached hydrogen (secondary N) is 1. The van der Waals surface area contributed by atoms with Gasteiger partial charge in [0.1, 0.15) is 6.04 Å². The summed E-state index contributed by atoms with van der Waals surface area (Å²) in [6, 6.07) is 8.90. The first kappa shape index (κ1) is 14.2. The monoisotopic (exact) mass is 249 g/mol. The molecule has 1 aromatic rings. The van der Waals surface area contributed by atoms with Crippen LogP contribution in [-0.4, -0.2) is 24.0 Å². The molecule has 0 saturated heterocycles. The molecule has 0 heterocycles. The van der Waals surface area contributed by atoms with Crippen molar-refractivity contribution in [3.05, 3.63) is 35.9 Å². The first-order valence-corrected chi connectivity index (χ1v) is 6.00. The van der Waals surface area contributed by atoms with Crippen molar-refractivity contribution in [2.75, 3.05) is 0 Å². The smallest absolute Gasteiger partial charge is 0.329 e. The van der Waals surface area contributed by atoms with Crippen molar-refractivity contribution >= 4 is 11.9 Å². The summed E-state index contributed by atoms with van der Waals surface area (Å²) in [6.45, 7) is 4.96. The van der Waals surface area contributed by atoms with Gasteiger partial charge in [-0.05, 0) is 19.4 Å². The Labute approximate surface area is 107 Å². The molecular formula is C14H19NO3. The Kier molecular flexibility index (Phi) is 5.36. The third-order valence-electron chi connectivity index (χ3n) is 2.30. The average Bonchev–Trinajstić information content (AvgIpc) is 2.28. The van der Waals surface area contributed by atoms with Gasteiger partial charge in [0.05, 0.1) is 6.10 Å². The molecule has 1 aromatic carbocycles. The molecule has 1 amide bonds. The third kappa shape index (κ3) is 4.99. The molecule has 0 saturated carbocycles. The molecule has 0 aliphatic rings. The topological polar surface area (TPSA) is 55.4 Å². The SMILES string of the molecule is CC(=O)NC(Cc1ccccc1)C(=O)OC(C)C.